The minimum atomic E-state index is -1.03. The van der Waals surface area contributed by atoms with Gasteiger partial charge < -0.3 is 14.6 Å². The summed E-state index contributed by atoms with van der Waals surface area (Å²) >= 11 is 0. The van der Waals surface area contributed by atoms with Gasteiger partial charge in [-0.25, -0.2) is 4.79 Å². The Morgan fingerprint density at radius 3 is 2.54 bits per heavy atom. The quantitative estimate of drug-likeness (QED) is 0.353. The van der Waals surface area contributed by atoms with Gasteiger partial charge in [0.05, 0.1) is 12.7 Å². The van der Waals surface area contributed by atoms with E-state index in [1.807, 2.05) is 37.3 Å². The molecule has 4 aliphatic carbocycles. The van der Waals surface area contributed by atoms with E-state index in [2.05, 4.69) is 13.5 Å². The maximum Gasteiger partial charge on any atom is 0.331 e. The standard InChI is InChI=1S/C30H38O5/c1-20-18-29-16-13-23-27(2,30(29,33)17-12-22(20)19-29)15-14-24(28(23,3)26(32)34-4)35-25(31)11-10-21-8-6-5-7-9-21/h5-11,22-24,33H,1,12-19H2,2-4H3. The highest BCUT2D eigenvalue weighted by Crippen LogP contribution is 2.74. The van der Waals surface area contributed by atoms with E-state index >= 15 is 0 Å². The first-order valence-corrected chi connectivity index (χ1v) is 13.0. The van der Waals surface area contributed by atoms with Crippen LogP contribution in [0, 0.1) is 28.1 Å². The van der Waals surface area contributed by atoms with E-state index in [1.165, 1.54) is 18.8 Å². The number of allylic oxidation sites excluding steroid dienone is 1. The van der Waals surface area contributed by atoms with E-state index in [0.29, 0.717) is 18.8 Å². The average molecular weight is 479 g/mol. The van der Waals surface area contributed by atoms with E-state index in [1.54, 1.807) is 6.08 Å². The van der Waals surface area contributed by atoms with Gasteiger partial charge in [0.25, 0.3) is 0 Å². The monoisotopic (exact) mass is 478 g/mol. The second-order valence-corrected chi connectivity index (χ2v) is 11.9. The van der Waals surface area contributed by atoms with Crippen LogP contribution in [-0.4, -0.2) is 35.9 Å². The molecule has 1 aromatic carbocycles. The number of hydrogen-bond donors (Lipinski definition) is 1. The van der Waals surface area contributed by atoms with Crippen molar-refractivity contribution in [3.05, 3.63) is 54.1 Å². The second kappa shape index (κ2) is 8.33. The van der Waals surface area contributed by atoms with Gasteiger partial charge in [0.1, 0.15) is 11.5 Å². The molecule has 5 rings (SSSR count). The van der Waals surface area contributed by atoms with E-state index in [0.717, 1.165) is 44.1 Å². The van der Waals surface area contributed by atoms with Crippen LogP contribution in [-0.2, 0) is 19.1 Å². The lowest BCUT2D eigenvalue weighted by Gasteiger charge is -2.68. The minimum Gasteiger partial charge on any atom is -0.468 e. The Hall–Kier alpha value is -2.40. The normalized spacial score (nSPS) is 42.3. The van der Waals surface area contributed by atoms with Gasteiger partial charge in [0.15, 0.2) is 0 Å². The second-order valence-electron chi connectivity index (χ2n) is 11.9. The van der Waals surface area contributed by atoms with Gasteiger partial charge >= 0.3 is 11.9 Å². The number of methoxy groups -OCH3 is 1. The molecule has 1 aromatic rings. The van der Waals surface area contributed by atoms with Crippen LogP contribution >= 0.6 is 0 Å². The molecule has 2 bridgehead atoms. The van der Waals surface area contributed by atoms with Gasteiger partial charge in [-0.3, -0.25) is 4.79 Å². The molecule has 1 spiro atoms. The third-order valence-electron chi connectivity index (χ3n) is 10.6. The molecule has 0 aromatic heterocycles. The van der Waals surface area contributed by atoms with Crippen molar-refractivity contribution in [1.82, 2.24) is 0 Å². The molecule has 188 valence electrons. The maximum atomic E-state index is 13.4. The first-order valence-electron chi connectivity index (χ1n) is 13.0. The molecule has 0 aliphatic heterocycles. The highest BCUT2D eigenvalue weighted by Gasteiger charge is 2.74. The lowest BCUT2D eigenvalue weighted by molar-refractivity contribution is -0.276. The number of hydrogen-bond acceptors (Lipinski definition) is 5. The number of carbonyl (C=O) groups excluding carboxylic acids is 2. The fraction of sp³-hybridized carbons (Fsp3) is 0.600. The summed E-state index contributed by atoms with van der Waals surface area (Å²) in [6.07, 6.45) is 9.02. The third kappa shape index (κ3) is 3.37. The number of rotatable bonds is 4. The number of aliphatic hydroxyl groups is 1. The Morgan fingerprint density at radius 2 is 1.83 bits per heavy atom. The summed E-state index contributed by atoms with van der Waals surface area (Å²) < 4.78 is 11.3. The zero-order valence-electron chi connectivity index (χ0n) is 21.2. The predicted molar refractivity (Wildman–Crippen MR) is 134 cm³/mol. The molecule has 4 saturated carbocycles. The summed E-state index contributed by atoms with van der Waals surface area (Å²) in [7, 11) is 1.40. The highest BCUT2D eigenvalue weighted by molar-refractivity contribution is 5.88. The largest absolute Gasteiger partial charge is 0.468 e. The van der Waals surface area contributed by atoms with Gasteiger partial charge in [-0.05, 0) is 81.8 Å². The zero-order valence-corrected chi connectivity index (χ0v) is 21.2. The fourth-order valence-corrected chi connectivity index (χ4v) is 8.73. The molecule has 7 atom stereocenters. The van der Waals surface area contributed by atoms with Crippen LogP contribution in [0.1, 0.15) is 70.8 Å². The highest BCUT2D eigenvalue weighted by atomic mass is 16.6. The molecule has 5 nitrogen and oxygen atoms in total. The van der Waals surface area contributed by atoms with Crippen molar-refractivity contribution in [3.63, 3.8) is 0 Å². The SMILES string of the molecule is C=C1CC23CCC4C(C)(C(=O)OC)C(OC(=O)C=Cc5ccccc5)CCC4(C)C2(O)CCC1C3. The molecule has 0 saturated heterocycles. The van der Waals surface area contributed by atoms with Crippen molar-refractivity contribution in [2.75, 3.05) is 7.11 Å². The average Bonchev–Trinajstić information content (AvgIpc) is 3.13. The van der Waals surface area contributed by atoms with Crippen LogP contribution < -0.4 is 0 Å². The van der Waals surface area contributed by atoms with Crippen LogP contribution in [0.25, 0.3) is 6.08 Å². The Labute approximate surface area is 208 Å². The van der Waals surface area contributed by atoms with Gasteiger partial charge in [0, 0.05) is 16.9 Å². The molecular weight excluding hydrogens is 440 g/mol. The van der Waals surface area contributed by atoms with Crippen molar-refractivity contribution >= 4 is 18.0 Å². The number of ether oxygens (including phenoxy) is 2. The van der Waals surface area contributed by atoms with Crippen molar-refractivity contribution in [1.29, 1.82) is 0 Å². The van der Waals surface area contributed by atoms with Gasteiger partial charge in [0.2, 0.25) is 0 Å². The number of esters is 2. The predicted octanol–water partition coefficient (Wildman–Crippen LogP) is 5.48. The van der Waals surface area contributed by atoms with Crippen LogP contribution in [0.2, 0.25) is 0 Å². The van der Waals surface area contributed by atoms with Crippen molar-refractivity contribution in [2.24, 2.45) is 28.1 Å². The van der Waals surface area contributed by atoms with Gasteiger partial charge in [-0.15, -0.1) is 0 Å². The van der Waals surface area contributed by atoms with Crippen LogP contribution in [0.15, 0.2) is 48.6 Å². The summed E-state index contributed by atoms with van der Waals surface area (Å²) in [5.41, 5.74) is -0.321. The van der Waals surface area contributed by atoms with Crippen LogP contribution in [0.4, 0.5) is 0 Å². The molecule has 5 heteroatoms. The minimum absolute atomic E-state index is 0.145. The van der Waals surface area contributed by atoms with Crippen LogP contribution in [0.3, 0.4) is 0 Å². The van der Waals surface area contributed by atoms with Crippen molar-refractivity contribution in [2.45, 2.75) is 76.9 Å². The number of benzene rings is 1. The Kier molecular flexibility index (Phi) is 5.78. The van der Waals surface area contributed by atoms with E-state index in [9.17, 15) is 14.7 Å². The topological polar surface area (TPSA) is 72.8 Å². The zero-order chi connectivity index (χ0) is 25.1. The third-order valence-corrected chi connectivity index (χ3v) is 10.6. The van der Waals surface area contributed by atoms with E-state index in [4.69, 9.17) is 9.47 Å². The van der Waals surface area contributed by atoms with Crippen LogP contribution in [0.5, 0.6) is 0 Å². The molecule has 0 radical (unpaired) electrons. The molecule has 1 N–H and O–H groups in total. The lowest BCUT2D eigenvalue weighted by atomic mass is 9.38. The molecule has 0 amide bonds. The van der Waals surface area contributed by atoms with E-state index in [-0.39, 0.29) is 17.3 Å². The molecule has 4 aliphatic rings. The summed E-state index contributed by atoms with van der Waals surface area (Å²) in [5, 5.41) is 12.5. The number of fused-ring (bicyclic) bond motifs is 3. The summed E-state index contributed by atoms with van der Waals surface area (Å²) in [5.74, 6) is -0.456. The molecule has 0 heterocycles. The summed E-state index contributed by atoms with van der Waals surface area (Å²) in [6.45, 7) is 8.41. The van der Waals surface area contributed by atoms with Gasteiger partial charge in [-0.2, -0.15) is 0 Å². The maximum absolute atomic E-state index is 13.4. The molecule has 4 fully saturated rings. The Morgan fingerprint density at radius 1 is 1.09 bits per heavy atom. The Bertz CT molecular complexity index is 1060. The molecule has 7 unspecified atom stereocenters. The van der Waals surface area contributed by atoms with E-state index < -0.39 is 28.5 Å². The molecular formula is C30H38O5. The fourth-order valence-electron chi connectivity index (χ4n) is 8.73. The number of carbonyl (C=O) groups is 2. The van der Waals surface area contributed by atoms with Crippen molar-refractivity contribution < 1.29 is 24.2 Å². The summed E-state index contributed by atoms with van der Waals surface area (Å²) in [6, 6.07) is 9.58. The smallest absolute Gasteiger partial charge is 0.331 e. The van der Waals surface area contributed by atoms with Gasteiger partial charge in [-0.1, -0.05) is 49.4 Å². The first-order chi connectivity index (χ1) is 16.6. The van der Waals surface area contributed by atoms with Crippen molar-refractivity contribution in [3.8, 4) is 0 Å². The molecule has 35 heavy (non-hydrogen) atoms. The Balaban J connectivity index is 1.45. The first kappa shape index (κ1) is 24.3. The summed E-state index contributed by atoms with van der Waals surface area (Å²) in [4.78, 5) is 26.2. The lowest BCUT2D eigenvalue weighted by Crippen LogP contribution is -2.71.